The molecule has 0 fully saturated rings. The van der Waals surface area contributed by atoms with Gasteiger partial charge in [0.1, 0.15) is 10.5 Å². The van der Waals surface area contributed by atoms with Crippen LogP contribution in [-0.2, 0) is 12.8 Å². The highest BCUT2D eigenvalue weighted by molar-refractivity contribution is 9.10. The number of halogens is 1. The largest absolute Gasteiger partial charge is 0.343 e. The van der Waals surface area contributed by atoms with Crippen molar-refractivity contribution in [2.24, 2.45) is 0 Å². The third-order valence-corrected chi connectivity index (χ3v) is 4.62. The Bertz CT molecular complexity index is 663. The number of nitrogens with one attached hydrogen (secondary N) is 1. The lowest BCUT2D eigenvalue weighted by molar-refractivity contribution is 0.708. The number of rotatable bonds is 1. The van der Waals surface area contributed by atoms with Crippen LogP contribution < -0.4 is 0 Å². The van der Waals surface area contributed by atoms with Crippen LogP contribution in [0.1, 0.15) is 30.5 Å². The van der Waals surface area contributed by atoms with Crippen molar-refractivity contribution in [3.8, 4) is 11.4 Å². The second kappa shape index (κ2) is 5.55. The molecule has 0 amide bonds. The number of aromatic amines is 1. The van der Waals surface area contributed by atoms with Gasteiger partial charge in [0.15, 0.2) is 0 Å². The van der Waals surface area contributed by atoms with E-state index in [1.165, 1.54) is 30.5 Å². The van der Waals surface area contributed by atoms with Gasteiger partial charge in [-0.3, -0.25) is 0 Å². The first-order valence-electron chi connectivity index (χ1n) is 6.62. The smallest absolute Gasteiger partial charge is 0.140 e. The molecule has 0 bridgehead atoms. The zero-order valence-electron chi connectivity index (χ0n) is 10.6. The van der Waals surface area contributed by atoms with Crippen molar-refractivity contribution in [1.29, 1.82) is 0 Å². The molecule has 0 unspecified atom stereocenters. The number of hydrogen-bond donors (Lipinski definition) is 1. The van der Waals surface area contributed by atoms with E-state index in [1.54, 1.807) is 0 Å². The maximum Gasteiger partial charge on any atom is 0.140 e. The molecular weight excluding hydrogens is 320 g/mol. The Labute approximate surface area is 126 Å². The zero-order valence-corrected chi connectivity index (χ0v) is 13.0. The molecule has 1 aliphatic rings. The van der Waals surface area contributed by atoms with Crippen LogP contribution >= 0.6 is 28.1 Å². The lowest BCUT2D eigenvalue weighted by Crippen LogP contribution is -2.02. The van der Waals surface area contributed by atoms with Crippen molar-refractivity contribution in [1.82, 2.24) is 9.97 Å². The maximum atomic E-state index is 5.48. The minimum atomic E-state index is 0.765. The van der Waals surface area contributed by atoms with Gasteiger partial charge in [-0.05, 0) is 31.7 Å². The van der Waals surface area contributed by atoms with Crippen LogP contribution in [0.3, 0.4) is 0 Å². The van der Waals surface area contributed by atoms with Gasteiger partial charge in [-0.1, -0.05) is 52.8 Å². The number of fused-ring (bicyclic) bond motifs is 1. The van der Waals surface area contributed by atoms with Gasteiger partial charge in [-0.15, -0.1) is 0 Å². The van der Waals surface area contributed by atoms with Crippen LogP contribution in [0.25, 0.3) is 11.4 Å². The van der Waals surface area contributed by atoms with Gasteiger partial charge in [0, 0.05) is 21.3 Å². The molecule has 0 spiro atoms. The van der Waals surface area contributed by atoms with E-state index in [0.717, 1.165) is 33.3 Å². The first kappa shape index (κ1) is 13.0. The summed E-state index contributed by atoms with van der Waals surface area (Å²) in [6.07, 6.45) is 5.88. The highest BCUT2D eigenvalue weighted by Gasteiger charge is 2.13. The molecule has 1 aromatic carbocycles. The monoisotopic (exact) mass is 334 g/mol. The summed E-state index contributed by atoms with van der Waals surface area (Å²) < 4.78 is 1.81. The van der Waals surface area contributed by atoms with Gasteiger partial charge in [0.2, 0.25) is 0 Å². The number of hydrogen-bond acceptors (Lipinski definition) is 2. The van der Waals surface area contributed by atoms with E-state index in [1.807, 2.05) is 18.2 Å². The number of H-pyrrole nitrogens is 1. The molecule has 3 rings (SSSR count). The molecule has 1 aromatic heterocycles. The fourth-order valence-corrected chi connectivity index (χ4v) is 3.37. The van der Waals surface area contributed by atoms with Crippen LogP contribution in [-0.4, -0.2) is 9.97 Å². The highest BCUT2D eigenvalue weighted by Crippen LogP contribution is 2.27. The van der Waals surface area contributed by atoms with Gasteiger partial charge in [-0.25, -0.2) is 4.98 Å². The molecule has 2 aromatic rings. The number of aromatic nitrogens is 2. The van der Waals surface area contributed by atoms with E-state index in [9.17, 15) is 0 Å². The molecular formula is C15H15BrN2S. The van der Waals surface area contributed by atoms with E-state index in [0.29, 0.717) is 0 Å². The quantitative estimate of drug-likeness (QED) is 0.597. The fraction of sp³-hybridized carbons (Fsp3) is 0.333. The summed E-state index contributed by atoms with van der Waals surface area (Å²) in [6, 6.07) is 8.11. The number of nitrogens with zero attached hydrogens (tertiary/aromatic N) is 1. The molecule has 98 valence electrons. The molecule has 0 aliphatic heterocycles. The summed E-state index contributed by atoms with van der Waals surface area (Å²) in [5.74, 6) is 0.873. The van der Waals surface area contributed by atoms with Gasteiger partial charge >= 0.3 is 0 Å². The molecule has 0 saturated heterocycles. The van der Waals surface area contributed by atoms with E-state index in [-0.39, 0.29) is 0 Å². The molecule has 1 aliphatic carbocycles. The summed E-state index contributed by atoms with van der Waals surface area (Å²) >= 11 is 9.06. The van der Waals surface area contributed by atoms with Crippen LogP contribution in [0.4, 0.5) is 0 Å². The van der Waals surface area contributed by atoms with Crippen molar-refractivity contribution in [2.75, 3.05) is 0 Å². The predicted molar refractivity (Wildman–Crippen MR) is 83.8 cm³/mol. The summed E-state index contributed by atoms with van der Waals surface area (Å²) in [5.41, 5.74) is 3.60. The minimum absolute atomic E-state index is 0.765. The molecule has 0 radical (unpaired) electrons. The van der Waals surface area contributed by atoms with Crippen molar-refractivity contribution < 1.29 is 0 Å². The fourth-order valence-electron chi connectivity index (χ4n) is 2.58. The molecule has 2 nitrogen and oxygen atoms in total. The first-order valence-corrected chi connectivity index (χ1v) is 7.83. The first-order chi connectivity index (χ1) is 9.25. The Morgan fingerprint density at radius 3 is 2.74 bits per heavy atom. The number of aryl methyl sites for hydroxylation is 1. The predicted octanol–water partition coefficient (Wildman–Crippen LogP) is 4.84. The average Bonchev–Trinajstić information content (AvgIpc) is 2.65. The zero-order chi connectivity index (χ0) is 13.2. The van der Waals surface area contributed by atoms with Crippen LogP contribution in [0.5, 0.6) is 0 Å². The lowest BCUT2D eigenvalue weighted by atomic mass is 10.1. The summed E-state index contributed by atoms with van der Waals surface area (Å²) in [6.45, 7) is 0. The SMILES string of the molecule is S=c1nc(-c2ccccc2Br)[nH]c2c1CCCCC2. The Hall–Kier alpha value is -1.00. The third kappa shape index (κ3) is 2.65. The number of benzene rings is 1. The molecule has 0 atom stereocenters. The average molecular weight is 335 g/mol. The second-order valence-corrected chi connectivity index (χ2v) is 6.13. The van der Waals surface area contributed by atoms with Crippen LogP contribution in [0.2, 0.25) is 0 Å². The Kier molecular flexibility index (Phi) is 3.80. The molecule has 0 saturated carbocycles. The second-order valence-electron chi connectivity index (χ2n) is 4.89. The highest BCUT2D eigenvalue weighted by atomic mass is 79.9. The van der Waals surface area contributed by atoms with Crippen molar-refractivity contribution in [2.45, 2.75) is 32.1 Å². The Morgan fingerprint density at radius 2 is 1.89 bits per heavy atom. The Balaban J connectivity index is 2.15. The topological polar surface area (TPSA) is 28.7 Å². The van der Waals surface area contributed by atoms with Gasteiger partial charge in [0.05, 0.1) is 0 Å². The van der Waals surface area contributed by atoms with E-state index in [4.69, 9.17) is 12.2 Å². The summed E-state index contributed by atoms with van der Waals surface area (Å²) in [4.78, 5) is 8.08. The minimum Gasteiger partial charge on any atom is -0.343 e. The summed E-state index contributed by atoms with van der Waals surface area (Å²) in [5, 5.41) is 0. The lowest BCUT2D eigenvalue weighted by Gasteiger charge is -2.10. The van der Waals surface area contributed by atoms with Gasteiger partial charge < -0.3 is 4.98 Å². The molecule has 19 heavy (non-hydrogen) atoms. The van der Waals surface area contributed by atoms with Crippen molar-refractivity contribution >= 4 is 28.1 Å². The van der Waals surface area contributed by atoms with Gasteiger partial charge in [0.25, 0.3) is 0 Å². The molecule has 1 N–H and O–H groups in total. The van der Waals surface area contributed by atoms with Gasteiger partial charge in [-0.2, -0.15) is 0 Å². The molecule has 4 heteroatoms. The van der Waals surface area contributed by atoms with Crippen molar-refractivity contribution in [3.63, 3.8) is 0 Å². The van der Waals surface area contributed by atoms with E-state index < -0.39 is 0 Å². The Morgan fingerprint density at radius 1 is 1.11 bits per heavy atom. The normalized spacial score (nSPS) is 14.8. The van der Waals surface area contributed by atoms with E-state index >= 15 is 0 Å². The summed E-state index contributed by atoms with van der Waals surface area (Å²) in [7, 11) is 0. The van der Waals surface area contributed by atoms with Crippen LogP contribution in [0.15, 0.2) is 28.7 Å². The van der Waals surface area contributed by atoms with Crippen LogP contribution in [0, 0.1) is 4.64 Å². The maximum absolute atomic E-state index is 5.48. The standard InChI is InChI=1S/C15H15BrN2S/c16-12-8-5-4-6-10(12)14-17-13-9-3-1-2-7-11(13)15(19)18-14/h4-6,8H,1-3,7,9H2,(H,17,18,19). The molecule has 1 heterocycles. The van der Waals surface area contributed by atoms with E-state index in [2.05, 4.69) is 32.0 Å². The third-order valence-electron chi connectivity index (χ3n) is 3.59. The van der Waals surface area contributed by atoms with Crippen molar-refractivity contribution in [3.05, 3.63) is 44.6 Å².